The maximum atomic E-state index is 11.5. The standard InChI is InChI=1S/C11H22N2O/c1-4-6-8-10(12)11(14)13-9(3)7-5-2/h5,9-10H,2,4,6-8,12H2,1,3H3,(H,13,14). The minimum absolute atomic E-state index is 0.0483. The fourth-order valence-corrected chi connectivity index (χ4v) is 1.21. The first kappa shape index (κ1) is 13.2. The molecule has 2 atom stereocenters. The van der Waals surface area contributed by atoms with E-state index in [9.17, 15) is 4.79 Å². The van der Waals surface area contributed by atoms with Crippen LogP contribution in [0.25, 0.3) is 0 Å². The average Bonchev–Trinajstić information content (AvgIpc) is 2.14. The van der Waals surface area contributed by atoms with Crippen molar-refractivity contribution in [2.45, 2.75) is 51.6 Å². The molecular weight excluding hydrogens is 176 g/mol. The van der Waals surface area contributed by atoms with Crippen LogP contribution in [0.5, 0.6) is 0 Å². The lowest BCUT2D eigenvalue weighted by Gasteiger charge is -2.15. The molecule has 3 N–H and O–H groups in total. The molecule has 0 saturated carbocycles. The predicted molar refractivity (Wildman–Crippen MR) is 59.9 cm³/mol. The molecule has 0 bridgehead atoms. The van der Waals surface area contributed by atoms with Gasteiger partial charge in [-0.25, -0.2) is 0 Å². The summed E-state index contributed by atoms with van der Waals surface area (Å²) in [6.45, 7) is 7.66. The largest absolute Gasteiger partial charge is 0.352 e. The van der Waals surface area contributed by atoms with Crippen LogP contribution in [-0.2, 0) is 4.79 Å². The smallest absolute Gasteiger partial charge is 0.237 e. The second-order valence-electron chi connectivity index (χ2n) is 3.68. The topological polar surface area (TPSA) is 55.1 Å². The fourth-order valence-electron chi connectivity index (χ4n) is 1.21. The van der Waals surface area contributed by atoms with Gasteiger partial charge in [0.05, 0.1) is 6.04 Å². The van der Waals surface area contributed by atoms with Crippen molar-refractivity contribution in [3.63, 3.8) is 0 Å². The molecule has 0 fully saturated rings. The Morgan fingerprint density at radius 3 is 2.79 bits per heavy atom. The second kappa shape index (κ2) is 7.56. The molecule has 0 aliphatic rings. The summed E-state index contributed by atoms with van der Waals surface area (Å²) in [6, 6.07) is -0.227. The first-order chi connectivity index (χ1) is 6.61. The predicted octanol–water partition coefficient (Wildman–Crippen LogP) is 1.58. The molecule has 0 aliphatic heterocycles. The Morgan fingerprint density at radius 2 is 2.29 bits per heavy atom. The van der Waals surface area contributed by atoms with Gasteiger partial charge in [-0.15, -0.1) is 6.58 Å². The molecule has 0 saturated heterocycles. The van der Waals surface area contributed by atoms with Crippen molar-refractivity contribution in [1.82, 2.24) is 5.32 Å². The fraction of sp³-hybridized carbons (Fsp3) is 0.727. The van der Waals surface area contributed by atoms with Crippen LogP contribution in [0.2, 0.25) is 0 Å². The molecule has 1 amide bonds. The Balaban J connectivity index is 3.76. The SMILES string of the molecule is C=CCC(C)NC(=O)C(N)CCCC. The minimum atomic E-state index is -0.359. The Morgan fingerprint density at radius 1 is 1.64 bits per heavy atom. The first-order valence-electron chi connectivity index (χ1n) is 5.28. The highest BCUT2D eigenvalue weighted by Gasteiger charge is 2.13. The number of unbranched alkanes of at least 4 members (excludes halogenated alkanes) is 1. The van der Waals surface area contributed by atoms with Crippen LogP contribution in [-0.4, -0.2) is 18.0 Å². The van der Waals surface area contributed by atoms with Gasteiger partial charge in [-0.05, 0) is 19.8 Å². The number of carbonyl (C=O) groups is 1. The number of hydrogen-bond acceptors (Lipinski definition) is 2. The van der Waals surface area contributed by atoms with Gasteiger partial charge in [-0.1, -0.05) is 25.8 Å². The quantitative estimate of drug-likeness (QED) is 0.610. The molecule has 0 aliphatic carbocycles. The zero-order valence-electron chi connectivity index (χ0n) is 9.25. The van der Waals surface area contributed by atoms with Gasteiger partial charge < -0.3 is 11.1 Å². The van der Waals surface area contributed by atoms with Crippen LogP contribution < -0.4 is 11.1 Å². The second-order valence-corrected chi connectivity index (χ2v) is 3.68. The van der Waals surface area contributed by atoms with Crippen LogP contribution >= 0.6 is 0 Å². The molecule has 2 unspecified atom stereocenters. The van der Waals surface area contributed by atoms with Crippen LogP contribution in [0.1, 0.15) is 39.5 Å². The van der Waals surface area contributed by atoms with Gasteiger partial charge in [-0.2, -0.15) is 0 Å². The summed E-state index contributed by atoms with van der Waals surface area (Å²) in [4.78, 5) is 11.5. The summed E-state index contributed by atoms with van der Waals surface area (Å²) < 4.78 is 0. The molecular formula is C11H22N2O. The van der Waals surface area contributed by atoms with E-state index >= 15 is 0 Å². The van der Waals surface area contributed by atoms with E-state index in [-0.39, 0.29) is 18.0 Å². The van der Waals surface area contributed by atoms with Gasteiger partial charge in [0.2, 0.25) is 5.91 Å². The Kier molecular flexibility index (Phi) is 7.11. The summed E-state index contributed by atoms with van der Waals surface area (Å²) in [5.41, 5.74) is 5.71. The van der Waals surface area contributed by atoms with Gasteiger partial charge in [0, 0.05) is 6.04 Å². The van der Waals surface area contributed by atoms with E-state index in [1.165, 1.54) is 0 Å². The number of hydrogen-bond donors (Lipinski definition) is 2. The van der Waals surface area contributed by atoms with Crippen molar-refractivity contribution >= 4 is 5.91 Å². The summed E-state index contributed by atoms with van der Waals surface area (Å²) in [5.74, 6) is -0.0483. The zero-order chi connectivity index (χ0) is 11.0. The average molecular weight is 198 g/mol. The van der Waals surface area contributed by atoms with Crippen LogP contribution in [0.15, 0.2) is 12.7 Å². The Bertz CT molecular complexity index is 180. The highest BCUT2D eigenvalue weighted by Crippen LogP contribution is 1.99. The third-order valence-electron chi connectivity index (χ3n) is 2.11. The summed E-state index contributed by atoms with van der Waals surface area (Å²) in [7, 11) is 0. The molecule has 0 spiro atoms. The third kappa shape index (κ3) is 5.75. The normalized spacial score (nSPS) is 14.5. The first-order valence-corrected chi connectivity index (χ1v) is 5.28. The van der Waals surface area contributed by atoms with E-state index in [0.29, 0.717) is 0 Å². The van der Waals surface area contributed by atoms with Crippen molar-refractivity contribution < 1.29 is 4.79 Å². The molecule has 0 heterocycles. The van der Waals surface area contributed by atoms with Gasteiger partial charge in [-0.3, -0.25) is 4.79 Å². The zero-order valence-corrected chi connectivity index (χ0v) is 9.25. The maximum Gasteiger partial charge on any atom is 0.237 e. The summed E-state index contributed by atoms with van der Waals surface area (Å²) in [6.07, 6.45) is 5.42. The van der Waals surface area contributed by atoms with E-state index in [4.69, 9.17) is 5.73 Å². The molecule has 3 nitrogen and oxygen atoms in total. The summed E-state index contributed by atoms with van der Waals surface area (Å²) >= 11 is 0. The van der Waals surface area contributed by atoms with Gasteiger partial charge in [0.25, 0.3) is 0 Å². The molecule has 0 rings (SSSR count). The third-order valence-corrected chi connectivity index (χ3v) is 2.11. The monoisotopic (exact) mass is 198 g/mol. The lowest BCUT2D eigenvalue weighted by Crippen LogP contribution is -2.44. The van der Waals surface area contributed by atoms with Crippen LogP contribution in [0.4, 0.5) is 0 Å². The number of amides is 1. The molecule has 0 aromatic heterocycles. The Labute approximate surface area is 86.8 Å². The highest BCUT2D eigenvalue weighted by atomic mass is 16.2. The van der Waals surface area contributed by atoms with Crippen LogP contribution in [0.3, 0.4) is 0 Å². The highest BCUT2D eigenvalue weighted by molar-refractivity contribution is 5.81. The van der Waals surface area contributed by atoms with Crippen LogP contribution in [0, 0.1) is 0 Å². The molecule has 14 heavy (non-hydrogen) atoms. The van der Waals surface area contributed by atoms with Gasteiger partial charge >= 0.3 is 0 Å². The lowest BCUT2D eigenvalue weighted by molar-refractivity contribution is -0.123. The maximum absolute atomic E-state index is 11.5. The number of carbonyl (C=O) groups excluding carboxylic acids is 1. The molecule has 82 valence electrons. The number of nitrogens with two attached hydrogens (primary N) is 1. The van der Waals surface area contributed by atoms with Crippen molar-refractivity contribution in [2.75, 3.05) is 0 Å². The summed E-state index contributed by atoms with van der Waals surface area (Å²) in [5, 5.41) is 2.85. The number of rotatable bonds is 7. The van der Waals surface area contributed by atoms with Crippen molar-refractivity contribution in [2.24, 2.45) is 5.73 Å². The van der Waals surface area contributed by atoms with E-state index in [2.05, 4.69) is 18.8 Å². The van der Waals surface area contributed by atoms with Crippen molar-refractivity contribution in [3.05, 3.63) is 12.7 Å². The van der Waals surface area contributed by atoms with Crippen molar-refractivity contribution in [1.29, 1.82) is 0 Å². The Hall–Kier alpha value is -0.830. The van der Waals surface area contributed by atoms with Crippen molar-refractivity contribution in [3.8, 4) is 0 Å². The lowest BCUT2D eigenvalue weighted by atomic mass is 10.1. The van der Waals surface area contributed by atoms with E-state index in [1.807, 2.05) is 6.92 Å². The minimum Gasteiger partial charge on any atom is -0.352 e. The molecule has 3 heteroatoms. The molecule has 0 aromatic carbocycles. The van der Waals surface area contributed by atoms with E-state index in [1.54, 1.807) is 6.08 Å². The van der Waals surface area contributed by atoms with Gasteiger partial charge in [0.1, 0.15) is 0 Å². The van der Waals surface area contributed by atoms with E-state index in [0.717, 1.165) is 25.7 Å². The number of nitrogens with one attached hydrogen (secondary N) is 1. The molecule has 0 aromatic rings. The molecule has 0 radical (unpaired) electrons. The van der Waals surface area contributed by atoms with Gasteiger partial charge in [0.15, 0.2) is 0 Å². The van der Waals surface area contributed by atoms with E-state index < -0.39 is 0 Å².